The van der Waals surface area contributed by atoms with Crippen molar-refractivity contribution in [2.45, 2.75) is 27.7 Å². The van der Waals surface area contributed by atoms with Gasteiger partial charge in [0.05, 0.1) is 16.4 Å². The van der Waals surface area contributed by atoms with Crippen molar-refractivity contribution in [2.75, 3.05) is 5.32 Å². The average Bonchev–Trinajstić information content (AvgIpc) is 3.20. The summed E-state index contributed by atoms with van der Waals surface area (Å²) in [5.41, 5.74) is 6.47. The fourth-order valence-corrected chi connectivity index (χ4v) is 3.94. The molecule has 3 heterocycles. The third-order valence-electron chi connectivity index (χ3n) is 4.57. The summed E-state index contributed by atoms with van der Waals surface area (Å²) in [6.45, 7) is 7.80. The minimum absolute atomic E-state index is 0.121. The van der Waals surface area contributed by atoms with Crippen LogP contribution in [0, 0.1) is 27.7 Å². The highest BCUT2D eigenvalue weighted by atomic mass is 32.1. The van der Waals surface area contributed by atoms with Gasteiger partial charge in [0, 0.05) is 23.6 Å². The number of carbonyl (C=O) groups is 1. The van der Waals surface area contributed by atoms with E-state index in [2.05, 4.69) is 10.3 Å². The van der Waals surface area contributed by atoms with Gasteiger partial charge in [-0.25, -0.2) is 9.97 Å². The molecule has 0 radical (unpaired) electrons. The molecule has 1 N–H and O–H groups in total. The first-order valence-corrected chi connectivity index (χ1v) is 9.55. The molecule has 1 amide bonds. The van der Waals surface area contributed by atoms with Gasteiger partial charge in [0.15, 0.2) is 0 Å². The average molecular weight is 376 g/mol. The van der Waals surface area contributed by atoms with Gasteiger partial charge < -0.3 is 9.72 Å². The minimum atomic E-state index is -0.121. The Kier molecular flexibility index (Phi) is 4.28. The van der Waals surface area contributed by atoms with E-state index in [1.54, 1.807) is 0 Å². The zero-order valence-electron chi connectivity index (χ0n) is 15.7. The predicted octanol–water partition coefficient (Wildman–Crippen LogP) is 4.94. The molecule has 5 nitrogen and oxygen atoms in total. The first kappa shape index (κ1) is 17.4. The summed E-state index contributed by atoms with van der Waals surface area (Å²) < 4.78 is 2.02. The molecule has 3 aromatic heterocycles. The molecule has 0 atom stereocenters. The van der Waals surface area contributed by atoms with Gasteiger partial charge in [0.1, 0.15) is 10.5 Å². The van der Waals surface area contributed by atoms with Gasteiger partial charge in [-0.3, -0.25) is 4.79 Å². The van der Waals surface area contributed by atoms with Crippen LogP contribution < -0.4 is 5.32 Å². The second-order valence-electron chi connectivity index (χ2n) is 6.68. The fraction of sp³-hybridized carbons (Fsp3) is 0.190. The number of nitrogens with zero attached hydrogens (tertiary/aromatic N) is 3. The summed E-state index contributed by atoms with van der Waals surface area (Å²) in [5.74, 6) is -0.121. The van der Waals surface area contributed by atoms with Crippen LogP contribution in [0.2, 0.25) is 0 Å². The van der Waals surface area contributed by atoms with Crippen LogP contribution in [0.4, 0.5) is 5.69 Å². The zero-order valence-corrected chi connectivity index (χ0v) is 16.5. The number of thiazole rings is 1. The van der Waals surface area contributed by atoms with Crippen molar-refractivity contribution >= 4 is 28.6 Å². The Bertz CT molecular complexity index is 1170. The van der Waals surface area contributed by atoms with Gasteiger partial charge in [-0.15, -0.1) is 11.3 Å². The summed E-state index contributed by atoms with van der Waals surface area (Å²) in [6, 6.07) is 10.1. The van der Waals surface area contributed by atoms with Crippen LogP contribution in [0.3, 0.4) is 0 Å². The van der Waals surface area contributed by atoms with Crippen molar-refractivity contribution in [1.82, 2.24) is 14.4 Å². The number of amides is 1. The van der Waals surface area contributed by atoms with E-state index in [9.17, 15) is 4.79 Å². The van der Waals surface area contributed by atoms with Gasteiger partial charge in [0.25, 0.3) is 5.91 Å². The standard InChI is InChI=1S/C21H20N4OS/c1-12-7-8-16(18-11-25-9-5-6-13(2)20(25)23-18)10-17(12)24-21(26)19-14(3)22-15(4)27-19/h5-11H,1-4H3,(H,24,26). The lowest BCUT2D eigenvalue weighted by Gasteiger charge is -2.09. The van der Waals surface area contributed by atoms with Gasteiger partial charge >= 0.3 is 0 Å². The third-order valence-corrected chi connectivity index (χ3v) is 5.64. The number of pyridine rings is 1. The van der Waals surface area contributed by atoms with E-state index in [1.165, 1.54) is 11.3 Å². The molecular formula is C21H20N4OS. The maximum atomic E-state index is 12.7. The normalized spacial score (nSPS) is 11.1. The van der Waals surface area contributed by atoms with Crippen molar-refractivity contribution < 1.29 is 4.79 Å². The van der Waals surface area contributed by atoms with E-state index in [1.807, 2.05) is 74.8 Å². The maximum Gasteiger partial charge on any atom is 0.267 e. The molecule has 0 aliphatic rings. The van der Waals surface area contributed by atoms with E-state index >= 15 is 0 Å². The second-order valence-corrected chi connectivity index (χ2v) is 7.88. The van der Waals surface area contributed by atoms with Crippen molar-refractivity contribution in [1.29, 1.82) is 0 Å². The summed E-state index contributed by atoms with van der Waals surface area (Å²) >= 11 is 1.41. The summed E-state index contributed by atoms with van der Waals surface area (Å²) in [4.78, 5) is 22.4. The summed E-state index contributed by atoms with van der Waals surface area (Å²) in [6.07, 6.45) is 4.00. The number of fused-ring (bicyclic) bond motifs is 1. The molecule has 0 bridgehead atoms. The Morgan fingerprint density at radius 1 is 1.07 bits per heavy atom. The van der Waals surface area contributed by atoms with Crippen LogP contribution in [0.15, 0.2) is 42.7 Å². The number of anilines is 1. The largest absolute Gasteiger partial charge is 0.321 e. The number of rotatable bonds is 3. The molecule has 27 heavy (non-hydrogen) atoms. The van der Waals surface area contributed by atoms with E-state index in [0.717, 1.165) is 44.4 Å². The van der Waals surface area contributed by atoms with Crippen molar-refractivity contribution in [3.05, 3.63) is 69.4 Å². The fourth-order valence-electron chi connectivity index (χ4n) is 3.13. The lowest BCUT2D eigenvalue weighted by molar-refractivity contribution is 0.102. The van der Waals surface area contributed by atoms with E-state index < -0.39 is 0 Å². The second kappa shape index (κ2) is 6.63. The van der Waals surface area contributed by atoms with Gasteiger partial charge in [-0.1, -0.05) is 18.2 Å². The Morgan fingerprint density at radius 3 is 2.59 bits per heavy atom. The first-order valence-electron chi connectivity index (χ1n) is 8.73. The molecule has 0 saturated carbocycles. The maximum absolute atomic E-state index is 12.7. The van der Waals surface area contributed by atoms with Gasteiger partial charge in [-0.2, -0.15) is 0 Å². The smallest absolute Gasteiger partial charge is 0.267 e. The molecule has 0 aliphatic heterocycles. The number of nitrogens with one attached hydrogen (secondary N) is 1. The topological polar surface area (TPSA) is 59.3 Å². The highest BCUT2D eigenvalue weighted by Crippen LogP contribution is 2.27. The quantitative estimate of drug-likeness (QED) is 0.551. The number of imidazole rings is 1. The first-order chi connectivity index (χ1) is 12.9. The zero-order chi connectivity index (χ0) is 19.1. The highest BCUT2D eigenvalue weighted by Gasteiger charge is 2.15. The highest BCUT2D eigenvalue weighted by molar-refractivity contribution is 7.13. The molecule has 0 aliphatic carbocycles. The summed E-state index contributed by atoms with van der Waals surface area (Å²) in [5, 5.41) is 3.92. The number of aromatic nitrogens is 3. The van der Waals surface area contributed by atoms with E-state index in [0.29, 0.717) is 4.88 Å². The van der Waals surface area contributed by atoms with Gasteiger partial charge in [0.2, 0.25) is 0 Å². The Labute approximate surface area is 161 Å². The SMILES string of the molecule is Cc1nc(C)c(C(=O)Nc2cc(-c3cn4cccc(C)c4n3)ccc2C)s1. The van der Waals surface area contributed by atoms with E-state index in [-0.39, 0.29) is 5.91 Å². The molecule has 136 valence electrons. The van der Waals surface area contributed by atoms with E-state index in [4.69, 9.17) is 4.98 Å². The molecule has 4 aromatic rings. The van der Waals surface area contributed by atoms with Crippen LogP contribution in [0.1, 0.15) is 31.5 Å². The van der Waals surface area contributed by atoms with Crippen LogP contribution >= 0.6 is 11.3 Å². The molecule has 4 rings (SSSR count). The van der Waals surface area contributed by atoms with Crippen LogP contribution in [-0.2, 0) is 0 Å². The van der Waals surface area contributed by atoms with Crippen LogP contribution in [0.25, 0.3) is 16.9 Å². The number of hydrogen-bond donors (Lipinski definition) is 1. The lowest BCUT2D eigenvalue weighted by atomic mass is 10.1. The molecule has 1 aromatic carbocycles. The molecule has 0 saturated heterocycles. The molecular weight excluding hydrogens is 356 g/mol. The third kappa shape index (κ3) is 3.24. The number of benzene rings is 1. The molecule has 6 heteroatoms. The molecule has 0 fully saturated rings. The Balaban J connectivity index is 1.69. The van der Waals surface area contributed by atoms with Crippen molar-refractivity contribution in [3.8, 4) is 11.3 Å². The summed E-state index contributed by atoms with van der Waals surface area (Å²) in [7, 11) is 0. The molecule has 0 unspecified atom stereocenters. The lowest BCUT2D eigenvalue weighted by Crippen LogP contribution is -2.12. The molecule has 0 spiro atoms. The number of carbonyl (C=O) groups excluding carboxylic acids is 1. The van der Waals surface area contributed by atoms with Crippen LogP contribution in [-0.4, -0.2) is 20.3 Å². The monoisotopic (exact) mass is 376 g/mol. The van der Waals surface area contributed by atoms with Gasteiger partial charge in [-0.05, 0) is 51.0 Å². The Hall–Kier alpha value is -2.99. The Morgan fingerprint density at radius 2 is 1.89 bits per heavy atom. The number of aryl methyl sites for hydroxylation is 4. The predicted molar refractivity (Wildman–Crippen MR) is 110 cm³/mol. The number of hydrogen-bond acceptors (Lipinski definition) is 4. The van der Waals surface area contributed by atoms with Crippen molar-refractivity contribution in [2.24, 2.45) is 0 Å². The minimum Gasteiger partial charge on any atom is -0.321 e. The van der Waals surface area contributed by atoms with Crippen LogP contribution in [0.5, 0.6) is 0 Å². The van der Waals surface area contributed by atoms with Crippen molar-refractivity contribution in [3.63, 3.8) is 0 Å².